The van der Waals surface area contributed by atoms with Gasteiger partial charge < -0.3 is 9.32 Å². The summed E-state index contributed by atoms with van der Waals surface area (Å²) in [6.45, 7) is 1.55. The van der Waals surface area contributed by atoms with E-state index >= 15 is 0 Å². The van der Waals surface area contributed by atoms with Crippen molar-refractivity contribution in [3.63, 3.8) is 0 Å². The van der Waals surface area contributed by atoms with Crippen LogP contribution in [0.25, 0.3) is 11.3 Å². The third kappa shape index (κ3) is 2.82. The fourth-order valence-corrected chi connectivity index (χ4v) is 3.22. The normalized spacial score (nSPS) is 17.3. The summed E-state index contributed by atoms with van der Waals surface area (Å²) >= 11 is 0. The van der Waals surface area contributed by atoms with Gasteiger partial charge in [0, 0.05) is 30.1 Å². The Labute approximate surface area is 139 Å². The van der Waals surface area contributed by atoms with Crippen LogP contribution in [0.2, 0.25) is 0 Å². The predicted molar refractivity (Wildman–Crippen MR) is 88.2 cm³/mol. The highest BCUT2D eigenvalue weighted by Crippen LogP contribution is 2.23. The van der Waals surface area contributed by atoms with Gasteiger partial charge in [-0.1, -0.05) is 12.1 Å². The van der Waals surface area contributed by atoms with Gasteiger partial charge in [0.25, 0.3) is 5.91 Å². The van der Waals surface area contributed by atoms with Crippen LogP contribution in [0, 0.1) is 0 Å². The van der Waals surface area contributed by atoms with E-state index in [2.05, 4.69) is 10.1 Å². The quantitative estimate of drug-likeness (QED) is 0.741. The van der Waals surface area contributed by atoms with Gasteiger partial charge in [-0.05, 0) is 31.0 Å². The first-order valence-electron chi connectivity index (χ1n) is 8.08. The van der Waals surface area contributed by atoms with Crippen molar-refractivity contribution in [2.75, 3.05) is 6.54 Å². The fraction of sp³-hybridized carbons (Fsp3) is 0.278. The summed E-state index contributed by atoms with van der Waals surface area (Å²) < 4.78 is 7.17. The summed E-state index contributed by atoms with van der Waals surface area (Å²) in [5, 5.41) is 4.25. The molecule has 2 aromatic heterocycles. The smallest absolute Gasteiger partial charge is 0.254 e. The first kappa shape index (κ1) is 14.7. The Morgan fingerprint density at radius 1 is 1.29 bits per heavy atom. The maximum absolute atomic E-state index is 12.8. The van der Waals surface area contributed by atoms with E-state index in [4.69, 9.17) is 4.42 Å². The van der Waals surface area contributed by atoms with Crippen LogP contribution in [0.4, 0.5) is 0 Å². The molecule has 4 rings (SSSR count). The number of hydrogen-bond donors (Lipinski definition) is 0. The number of nitrogens with zero attached hydrogens (tertiary/aromatic N) is 4. The molecule has 0 saturated carbocycles. The van der Waals surface area contributed by atoms with Crippen molar-refractivity contribution < 1.29 is 9.21 Å². The highest BCUT2D eigenvalue weighted by Gasteiger charge is 2.29. The fourth-order valence-electron chi connectivity index (χ4n) is 3.22. The van der Waals surface area contributed by atoms with E-state index in [1.807, 2.05) is 46.1 Å². The Morgan fingerprint density at radius 3 is 2.88 bits per heavy atom. The highest BCUT2D eigenvalue weighted by molar-refractivity contribution is 5.95. The lowest BCUT2D eigenvalue weighted by atomic mass is 10.1. The van der Waals surface area contributed by atoms with Crippen molar-refractivity contribution in [1.82, 2.24) is 19.7 Å². The lowest BCUT2D eigenvalue weighted by molar-refractivity contribution is 0.0721. The molecule has 0 bridgehead atoms. The number of oxazole rings is 1. The van der Waals surface area contributed by atoms with Gasteiger partial charge in [-0.25, -0.2) is 4.98 Å². The molecule has 1 aliphatic rings. The van der Waals surface area contributed by atoms with Gasteiger partial charge in [0.05, 0.1) is 18.8 Å². The SMILES string of the molecule is O=C(c1ccc(-c2cnco2)cc1)N1CCC[C@@H]1Cn1cccn1. The topological polar surface area (TPSA) is 64.2 Å². The van der Waals surface area contributed by atoms with E-state index in [0.29, 0.717) is 11.3 Å². The Morgan fingerprint density at radius 2 is 2.17 bits per heavy atom. The number of rotatable bonds is 4. The van der Waals surface area contributed by atoms with E-state index in [1.54, 1.807) is 12.4 Å². The molecule has 0 aliphatic carbocycles. The molecule has 0 unspecified atom stereocenters. The zero-order chi connectivity index (χ0) is 16.4. The zero-order valence-corrected chi connectivity index (χ0v) is 13.2. The van der Waals surface area contributed by atoms with Crippen molar-refractivity contribution in [3.05, 3.63) is 60.9 Å². The third-order valence-electron chi connectivity index (χ3n) is 4.44. The molecule has 6 heteroatoms. The summed E-state index contributed by atoms with van der Waals surface area (Å²) in [5.41, 5.74) is 1.61. The lowest BCUT2D eigenvalue weighted by Gasteiger charge is -2.25. The molecule has 1 atom stereocenters. The maximum atomic E-state index is 12.8. The number of carbonyl (C=O) groups excluding carboxylic acids is 1. The number of carbonyl (C=O) groups is 1. The van der Waals surface area contributed by atoms with Crippen LogP contribution in [-0.4, -0.2) is 38.2 Å². The molecule has 0 N–H and O–H groups in total. The number of amides is 1. The van der Waals surface area contributed by atoms with Crippen LogP contribution in [0.5, 0.6) is 0 Å². The molecule has 1 aliphatic heterocycles. The first-order valence-corrected chi connectivity index (χ1v) is 8.08. The second kappa shape index (κ2) is 6.31. The monoisotopic (exact) mass is 322 g/mol. The van der Waals surface area contributed by atoms with Crippen LogP contribution < -0.4 is 0 Å². The second-order valence-corrected chi connectivity index (χ2v) is 5.97. The number of benzene rings is 1. The number of aromatic nitrogens is 3. The van der Waals surface area contributed by atoms with Gasteiger partial charge >= 0.3 is 0 Å². The standard InChI is InChI=1S/C18H18N4O2/c23-18(15-6-4-14(5-7-15)17-11-19-13-24-17)22-10-1-3-16(22)12-21-9-2-8-20-21/h2,4-9,11,13,16H,1,3,10,12H2/t16-/m1/s1. The summed E-state index contributed by atoms with van der Waals surface area (Å²) in [5.74, 6) is 0.778. The lowest BCUT2D eigenvalue weighted by Crippen LogP contribution is -2.38. The van der Waals surface area contributed by atoms with E-state index in [0.717, 1.165) is 31.5 Å². The van der Waals surface area contributed by atoms with Crippen molar-refractivity contribution in [2.45, 2.75) is 25.4 Å². The van der Waals surface area contributed by atoms with E-state index in [-0.39, 0.29) is 11.9 Å². The molecule has 24 heavy (non-hydrogen) atoms. The molecule has 3 aromatic rings. The van der Waals surface area contributed by atoms with Gasteiger partial charge in [0.15, 0.2) is 12.2 Å². The molecular weight excluding hydrogens is 304 g/mol. The molecule has 6 nitrogen and oxygen atoms in total. The van der Waals surface area contributed by atoms with Gasteiger partial charge in [-0.15, -0.1) is 0 Å². The Balaban J connectivity index is 1.50. The summed E-state index contributed by atoms with van der Waals surface area (Å²) in [6.07, 6.45) is 8.82. The summed E-state index contributed by atoms with van der Waals surface area (Å²) in [4.78, 5) is 18.7. The van der Waals surface area contributed by atoms with Crippen molar-refractivity contribution in [3.8, 4) is 11.3 Å². The molecule has 122 valence electrons. The summed E-state index contributed by atoms with van der Waals surface area (Å²) in [6, 6.07) is 9.60. The summed E-state index contributed by atoms with van der Waals surface area (Å²) in [7, 11) is 0. The Kier molecular flexibility index (Phi) is 3.86. The molecule has 1 amide bonds. The van der Waals surface area contributed by atoms with Crippen LogP contribution in [0.1, 0.15) is 23.2 Å². The molecule has 3 heterocycles. The maximum Gasteiger partial charge on any atom is 0.254 e. The van der Waals surface area contributed by atoms with Gasteiger partial charge in [0.1, 0.15) is 0 Å². The van der Waals surface area contributed by atoms with Gasteiger partial charge in [-0.2, -0.15) is 5.10 Å². The minimum atomic E-state index is 0.0776. The van der Waals surface area contributed by atoms with Crippen LogP contribution >= 0.6 is 0 Å². The average molecular weight is 322 g/mol. The minimum absolute atomic E-state index is 0.0776. The molecule has 1 fully saturated rings. The van der Waals surface area contributed by atoms with E-state index < -0.39 is 0 Å². The van der Waals surface area contributed by atoms with Crippen LogP contribution in [0.3, 0.4) is 0 Å². The van der Waals surface area contributed by atoms with Gasteiger partial charge in [0.2, 0.25) is 0 Å². The van der Waals surface area contributed by atoms with Crippen molar-refractivity contribution in [1.29, 1.82) is 0 Å². The highest BCUT2D eigenvalue weighted by atomic mass is 16.3. The van der Waals surface area contributed by atoms with Crippen LogP contribution in [0.15, 0.2) is 59.7 Å². The minimum Gasteiger partial charge on any atom is -0.444 e. The molecule has 0 spiro atoms. The van der Waals surface area contributed by atoms with Crippen molar-refractivity contribution >= 4 is 5.91 Å². The number of hydrogen-bond acceptors (Lipinski definition) is 4. The molecule has 1 saturated heterocycles. The van der Waals surface area contributed by atoms with Gasteiger partial charge in [-0.3, -0.25) is 9.48 Å². The Bertz CT molecular complexity index is 794. The zero-order valence-electron chi connectivity index (χ0n) is 13.2. The third-order valence-corrected chi connectivity index (χ3v) is 4.44. The first-order chi connectivity index (χ1) is 11.8. The Hall–Kier alpha value is -2.89. The molecule has 0 radical (unpaired) electrons. The molecule has 1 aromatic carbocycles. The van der Waals surface area contributed by atoms with E-state index in [9.17, 15) is 4.79 Å². The average Bonchev–Trinajstić information content (AvgIpc) is 3.37. The largest absolute Gasteiger partial charge is 0.444 e. The second-order valence-electron chi connectivity index (χ2n) is 5.97. The number of likely N-dealkylation sites (tertiary alicyclic amines) is 1. The molecular formula is C18H18N4O2. The van der Waals surface area contributed by atoms with E-state index in [1.165, 1.54) is 6.39 Å². The van der Waals surface area contributed by atoms with Crippen LogP contribution in [-0.2, 0) is 6.54 Å². The predicted octanol–water partition coefficient (Wildman–Crippen LogP) is 2.84. The van der Waals surface area contributed by atoms with Crippen molar-refractivity contribution in [2.24, 2.45) is 0 Å².